The molecule has 24 heavy (non-hydrogen) atoms. The molecule has 0 bridgehead atoms. The first-order chi connectivity index (χ1) is 11.7. The van der Waals surface area contributed by atoms with Gasteiger partial charge in [0.05, 0.1) is 14.2 Å². The second-order valence-electron chi connectivity index (χ2n) is 6.08. The average Bonchev–Trinajstić information content (AvgIpc) is 2.62. The Bertz CT molecular complexity index is 682. The number of benzene rings is 1. The lowest BCUT2D eigenvalue weighted by molar-refractivity contribution is 0.245. The zero-order chi connectivity index (χ0) is 16.9. The molecule has 1 saturated heterocycles. The first kappa shape index (κ1) is 16.6. The summed E-state index contributed by atoms with van der Waals surface area (Å²) >= 11 is 0. The van der Waals surface area contributed by atoms with Crippen LogP contribution >= 0.6 is 0 Å². The average molecular weight is 327 g/mol. The molecule has 0 atom stereocenters. The summed E-state index contributed by atoms with van der Waals surface area (Å²) in [5.74, 6) is 2.86. The van der Waals surface area contributed by atoms with Crippen LogP contribution in [0.4, 0.5) is 5.82 Å². The molecule has 1 fully saturated rings. The number of aromatic nitrogens is 1. The van der Waals surface area contributed by atoms with E-state index in [1.807, 2.05) is 25.1 Å². The molecule has 0 N–H and O–H groups in total. The Kier molecular flexibility index (Phi) is 5.20. The van der Waals surface area contributed by atoms with Gasteiger partial charge in [0.15, 0.2) is 0 Å². The van der Waals surface area contributed by atoms with Gasteiger partial charge in [0.25, 0.3) is 0 Å². The number of aryl methyl sites for hydroxylation is 1. The highest BCUT2D eigenvalue weighted by Gasteiger charge is 2.19. The van der Waals surface area contributed by atoms with Gasteiger partial charge in [-0.25, -0.2) is 4.98 Å². The van der Waals surface area contributed by atoms with Crippen molar-refractivity contribution in [3.8, 4) is 11.5 Å². The number of piperazine rings is 1. The van der Waals surface area contributed by atoms with Crippen molar-refractivity contribution >= 4 is 5.82 Å². The summed E-state index contributed by atoms with van der Waals surface area (Å²) in [6.07, 6.45) is 0. The van der Waals surface area contributed by atoms with E-state index in [1.165, 1.54) is 5.56 Å². The molecule has 1 aliphatic heterocycles. The van der Waals surface area contributed by atoms with E-state index in [1.54, 1.807) is 14.2 Å². The molecule has 5 nitrogen and oxygen atoms in total. The third kappa shape index (κ3) is 3.79. The molecular weight excluding hydrogens is 302 g/mol. The number of hydrogen-bond acceptors (Lipinski definition) is 5. The van der Waals surface area contributed by atoms with Gasteiger partial charge in [-0.05, 0) is 37.3 Å². The number of anilines is 1. The smallest absolute Gasteiger partial charge is 0.128 e. The van der Waals surface area contributed by atoms with E-state index < -0.39 is 0 Å². The van der Waals surface area contributed by atoms with Crippen LogP contribution in [0.15, 0.2) is 36.4 Å². The molecule has 0 unspecified atom stereocenters. The summed E-state index contributed by atoms with van der Waals surface area (Å²) in [5, 5.41) is 0. The molecule has 128 valence electrons. The van der Waals surface area contributed by atoms with Crippen molar-refractivity contribution in [2.24, 2.45) is 0 Å². The van der Waals surface area contributed by atoms with Crippen molar-refractivity contribution in [3.63, 3.8) is 0 Å². The van der Waals surface area contributed by atoms with E-state index in [0.29, 0.717) is 0 Å². The van der Waals surface area contributed by atoms with Gasteiger partial charge < -0.3 is 14.4 Å². The lowest BCUT2D eigenvalue weighted by Gasteiger charge is -2.35. The van der Waals surface area contributed by atoms with E-state index in [2.05, 4.69) is 33.0 Å². The molecule has 5 heteroatoms. The molecule has 1 aromatic carbocycles. The molecule has 0 saturated carbocycles. The minimum Gasteiger partial charge on any atom is -0.497 e. The summed E-state index contributed by atoms with van der Waals surface area (Å²) in [4.78, 5) is 9.43. The monoisotopic (exact) mass is 327 g/mol. The van der Waals surface area contributed by atoms with Crippen molar-refractivity contribution < 1.29 is 9.47 Å². The Hall–Kier alpha value is -2.27. The van der Waals surface area contributed by atoms with Gasteiger partial charge in [0, 0.05) is 44.0 Å². The Balaban J connectivity index is 1.63. The van der Waals surface area contributed by atoms with Crippen LogP contribution in [0, 0.1) is 6.92 Å². The second-order valence-corrected chi connectivity index (χ2v) is 6.08. The number of methoxy groups -OCH3 is 2. The molecule has 1 aromatic heterocycles. The summed E-state index contributed by atoms with van der Waals surface area (Å²) in [5.41, 5.74) is 2.23. The van der Waals surface area contributed by atoms with Crippen molar-refractivity contribution in [1.82, 2.24) is 9.88 Å². The second kappa shape index (κ2) is 7.53. The zero-order valence-electron chi connectivity index (χ0n) is 14.7. The Labute approximate surface area is 143 Å². The van der Waals surface area contributed by atoms with Gasteiger partial charge in [-0.3, -0.25) is 4.90 Å². The maximum Gasteiger partial charge on any atom is 0.128 e. The molecule has 3 rings (SSSR count). The predicted molar refractivity (Wildman–Crippen MR) is 96.0 cm³/mol. The zero-order valence-corrected chi connectivity index (χ0v) is 14.7. The molecule has 0 amide bonds. The molecular formula is C19H25N3O2. The van der Waals surface area contributed by atoms with Gasteiger partial charge in [0.1, 0.15) is 17.3 Å². The number of ether oxygens (including phenoxy) is 2. The summed E-state index contributed by atoms with van der Waals surface area (Å²) < 4.78 is 10.8. The van der Waals surface area contributed by atoms with Gasteiger partial charge in [-0.1, -0.05) is 6.07 Å². The quantitative estimate of drug-likeness (QED) is 0.844. The number of rotatable bonds is 5. The van der Waals surface area contributed by atoms with Gasteiger partial charge in [-0.2, -0.15) is 0 Å². The van der Waals surface area contributed by atoms with Crippen LogP contribution in [0.1, 0.15) is 11.3 Å². The normalized spacial score (nSPS) is 15.4. The maximum atomic E-state index is 5.49. The first-order valence-corrected chi connectivity index (χ1v) is 8.31. The lowest BCUT2D eigenvalue weighted by Crippen LogP contribution is -2.46. The van der Waals surface area contributed by atoms with Gasteiger partial charge in [0.2, 0.25) is 0 Å². The fourth-order valence-electron chi connectivity index (χ4n) is 3.09. The largest absolute Gasteiger partial charge is 0.497 e. The number of pyridine rings is 1. The van der Waals surface area contributed by atoms with Crippen LogP contribution in [0.2, 0.25) is 0 Å². The fraction of sp³-hybridized carbons (Fsp3) is 0.421. The van der Waals surface area contributed by atoms with Gasteiger partial charge >= 0.3 is 0 Å². The molecule has 0 aliphatic carbocycles. The van der Waals surface area contributed by atoms with E-state index in [0.717, 1.165) is 55.7 Å². The van der Waals surface area contributed by atoms with Crippen LogP contribution in [-0.2, 0) is 6.54 Å². The van der Waals surface area contributed by atoms with Crippen molar-refractivity contribution in [2.45, 2.75) is 13.5 Å². The summed E-state index contributed by atoms with van der Waals surface area (Å²) in [7, 11) is 3.41. The first-order valence-electron chi connectivity index (χ1n) is 8.31. The highest BCUT2D eigenvalue weighted by atomic mass is 16.5. The highest BCUT2D eigenvalue weighted by Crippen LogP contribution is 2.26. The van der Waals surface area contributed by atoms with Crippen molar-refractivity contribution in [3.05, 3.63) is 47.7 Å². The molecule has 2 heterocycles. The number of hydrogen-bond donors (Lipinski definition) is 0. The minimum atomic E-state index is 0.869. The molecule has 1 aliphatic rings. The number of nitrogens with zero attached hydrogens (tertiary/aromatic N) is 3. The summed E-state index contributed by atoms with van der Waals surface area (Å²) in [6.45, 7) is 6.90. The Morgan fingerprint density at radius 1 is 1.00 bits per heavy atom. The van der Waals surface area contributed by atoms with E-state index in [-0.39, 0.29) is 0 Å². The topological polar surface area (TPSA) is 37.8 Å². The SMILES string of the molecule is COc1ccc(OC)c(CN2CCN(c3cccc(C)n3)CC2)c1. The van der Waals surface area contributed by atoms with Crippen LogP contribution in [-0.4, -0.2) is 50.3 Å². The maximum absolute atomic E-state index is 5.49. The molecule has 2 aromatic rings. The Morgan fingerprint density at radius 2 is 1.79 bits per heavy atom. The van der Waals surface area contributed by atoms with Crippen LogP contribution in [0.3, 0.4) is 0 Å². The minimum absolute atomic E-state index is 0.869. The van der Waals surface area contributed by atoms with Crippen LogP contribution in [0.5, 0.6) is 11.5 Å². The van der Waals surface area contributed by atoms with Crippen LogP contribution in [0.25, 0.3) is 0 Å². The van der Waals surface area contributed by atoms with Gasteiger partial charge in [-0.15, -0.1) is 0 Å². The van der Waals surface area contributed by atoms with E-state index in [9.17, 15) is 0 Å². The fourth-order valence-corrected chi connectivity index (χ4v) is 3.09. The standard InChI is InChI=1S/C19H25N3O2/c1-15-5-4-6-19(20-15)22-11-9-21(10-12-22)14-16-13-17(23-2)7-8-18(16)24-3/h4-8,13H,9-12,14H2,1-3H3. The van der Waals surface area contributed by atoms with E-state index in [4.69, 9.17) is 9.47 Å². The Morgan fingerprint density at radius 3 is 2.46 bits per heavy atom. The molecule has 0 radical (unpaired) electrons. The predicted octanol–water partition coefficient (Wildman–Crippen LogP) is 2.73. The van der Waals surface area contributed by atoms with Crippen molar-refractivity contribution in [2.75, 3.05) is 45.3 Å². The third-order valence-electron chi connectivity index (χ3n) is 4.45. The third-order valence-corrected chi connectivity index (χ3v) is 4.45. The van der Waals surface area contributed by atoms with E-state index >= 15 is 0 Å². The highest BCUT2D eigenvalue weighted by molar-refractivity contribution is 5.41. The summed E-state index contributed by atoms with van der Waals surface area (Å²) in [6, 6.07) is 12.2. The van der Waals surface area contributed by atoms with Crippen molar-refractivity contribution in [1.29, 1.82) is 0 Å². The molecule has 0 spiro atoms. The lowest BCUT2D eigenvalue weighted by atomic mass is 10.1. The van der Waals surface area contributed by atoms with Crippen LogP contribution < -0.4 is 14.4 Å².